The molecular weight excluding hydrogens is 395 g/mol. The van der Waals surface area contributed by atoms with Crippen molar-refractivity contribution < 1.29 is 17.9 Å². The van der Waals surface area contributed by atoms with E-state index >= 15 is 0 Å². The number of nitrogens with one attached hydrogen (secondary N) is 2. The van der Waals surface area contributed by atoms with Crippen LogP contribution in [0.15, 0.2) is 18.2 Å². The third-order valence-corrected chi connectivity index (χ3v) is 4.00. The van der Waals surface area contributed by atoms with Gasteiger partial charge in [0.25, 0.3) is 0 Å². The van der Waals surface area contributed by atoms with Crippen molar-refractivity contribution in [1.29, 1.82) is 0 Å². The van der Waals surface area contributed by atoms with Gasteiger partial charge in [0.15, 0.2) is 0 Å². The molecular formula is C10H11BrCl2N2O4S. The van der Waals surface area contributed by atoms with Crippen LogP contribution in [0.2, 0.25) is 10.0 Å². The van der Waals surface area contributed by atoms with Gasteiger partial charge in [-0.15, -0.1) is 0 Å². The maximum Gasteiger partial charge on any atom is 0.421 e. The number of carbonyl (C=O) groups is 1. The van der Waals surface area contributed by atoms with Gasteiger partial charge in [0.05, 0.1) is 10.0 Å². The molecule has 0 unspecified atom stereocenters. The highest BCUT2D eigenvalue weighted by Gasteiger charge is 2.14. The topological polar surface area (TPSA) is 84.5 Å². The largest absolute Gasteiger partial charge is 0.448 e. The van der Waals surface area contributed by atoms with Gasteiger partial charge in [0, 0.05) is 11.9 Å². The summed E-state index contributed by atoms with van der Waals surface area (Å²) in [5.74, 6) is 0. The van der Waals surface area contributed by atoms with Gasteiger partial charge < -0.3 is 4.74 Å². The summed E-state index contributed by atoms with van der Waals surface area (Å²) in [6.45, 7) is 0.0199. The Labute approximate surface area is 135 Å². The number of hydrogen-bond donors (Lipinski definition) is 2. The van der Waals surface area contributed by atoms with Crippen molar-refractivity contribution in [2.24, 2.45) is 0 Å². The molecule has 0 aromatic heterocycles. The maximum absolute atomic E-state index is 11.5. The Balaban J connectivity index is 2.54. The molecule has 0 heterocycles. The molecule has 0 saturated carbocycles. The third-order valence-electron chi connectivity index (χ3n) is 1.98. The molecule has 1 amide bonds. The summed E-state index contributed by atoms with van der Waals surface area (Å²) < 4.78 is 31.5. The average Bonchev–Trinajstić information content (AvgIpc) is 2.37. The predicted molar refractivity (Wildman–Crippen MR) is 80.5 cm³/mol. The Hall–Kier alpha value is -0.540. The Kier molecular flexibility index (Phi) is 7.04. The second kappa shape index (κ2) is 8.04. The number of amides is 1. The molecule has 0 spiro atoms. The highest BCUT2D eigenvalue weighted by molar-refractivity contribution is 9.09. The van der Waals surface area contributed by atoms with Gasteiger partial charge in [-0.2, -0.15) is 13.1 Å². The fourth-order valence-electron chi connectivity index (χ4n) is 1.13. The quantitative estimate of drug-likeness (QED) is 0.712. The van der Waals surface area contributed by atoms with Gasteiger partial charge in [-0.1, -0.05) is 45.2 Å². The van der Waals surface area contributed by atoms with E-state index in [-0.39, 0.29) is 13.2 Å². The SMILES string of the molecule is O=C(NS(=O)(=O)NCc1ccc(Cl)c(Cl)c1)OCCBr. The summed E-state index contributed by atoms with van der Waals surface area (Å²) in [7, 11) is -4.00. The lowest BCUT2D eigenvalue weighted by Gasteiger charge is -2.09. The monoisotopic (exact) mass is 404 g/mol. The number of hydrogen-bond acceptors (Lipinski definition) is 4. The standard InChI is InChI=1S/C10H11BrCl2N2O4S/c11-3-4-19-10(16)15-20(17,18)14-6-7-1-2-8(12)9(13)5-7/h1-2,5,14H,3-4,6H2,(H,15,16). The van der Waals surface area contributed by atoms with Crippen LogP contribution < -0.4 is 9.44 Å². The summed E-state index contributed by atoms with van der Waals surface area (Å²) in [4.78, 5) is 11.1. The average molecular weight is 406 g/mol. The van der Waals surface area contributed by atoms with Crippen LogP contribution >= 0.6 is 39.1 Å². The molecule has 1 aromatic rings. The maximum atomic E-state index is 11.5. The van der Waals surface area contributed by atoms with E-state index in [9.17, 15) is 13.2 Å². The Bertz CT molecular complexity index is 583. The summed E-state index contributed by atoms with van der Waals surface area (Å²) in [6, 6.07) is 4.68. The summed E-state index contributed by atoms with van der Waals surface area (Å²) in [5, 5.41) is 1.10. The minimum Gasteiger partial charge on any atom is -0.448 e. The number of ether oxygens (including phenoxy) is 1. The third kappa shape index (κ3) is 6.27. The molecule has 0 aliphatic heterocycles. The van der Waals surface area contributed by atoms with Gasteiger partial charge in [0.2, 0.25) is 0 Å². The number of halogens is 3. The van der Waals surface area contributed by atoms with Crippen molar-refractivity contribution in [3.05, 3.63) is 33.8 Å². The Morgan fingerprint density at radius 2 is 2.00 bits per heavy atom. The lowest BCUT2D eigenvalue weighted by atomic mass is 10.2. The van der Waals surface area contributed by atoms with Gasteiger partial charge in [-0.3, -0.25) is 0 Å². The van der Waals surface area contributed by atoms with E-state index in [1.165, 1.54) is 6.07 Å². The molecule has 0 radical (unpaired) electrons. The molecule has 20 heavy (non-hydrogen) atoms. The van der Waals surface area contributed by atoms with Crippen LogP contribution in [0.1, 0.15) is 5.56 Å². The van der Waals surface area contributed by atoms with E-state index in [4.69, 9.17) is 23.2 Å². The first-order chi connectivity index (χ1) is 9.34. The number of benzene rings is 1. The highest BCUT2D eigenvalue weighted by atomic mass is 79.9. The molecule has 0 aliphatic carbocycles. The van der Waals surface area contributed by atoms with Crippen molar-refractivity contribution in [2.45, 2.75) is 6.54 Å². The molecule has 2 N–H and O–H groups in total. The molecule has 10 heteroatoms. The molecule has 0 bridgehead atoms. The van der Waals surface area contributed by atoms with Crippen molar-refractivity contribution in [3.63, 3.8) is 0 Å². The predicted octanol–water partition coefficient (Wildman–Crippen LogP) is 2.45. The zero-order valence-electron chi connectivity index (χ0n) is 10.0. The normalized spacial score (nSPS) is 11.2. The van der Waals surface area contributed by atoms with E-state index in [2.05, 4.69) is 25.4 Å². The van der Waals surface area contributed by atoms with E-state index < -0.39 is 16.3 Å². The van der Waals surface area contributed by atoms with Gasteiger partial charge in [0.1, 0.15) is 6.61 Å². The zero-order chi connectivity index (χ0) is 15.2. The first-order valence-electron chi connectivity index (χ1n) is 5.28. The highest BCUT2D eigenvalue weighted by Crippen LogP contribution is 2.22. The first-order valence-corrected chi connectivity index (χ1v) is 8.64. The van der Waals surface area contributed by atoms with Gasteiger partial charge in [-0.05, 0) is 17.7 Å². The van der Waals surface area contributed by atoms with E-state index in [1.54, 1.807) is 16.9 Å². The summed E-state index contributed by atoms with van der Waals surface area (Å²) >= 11 is 14.6. The van der Waals surface area contributed by atoms with E-state index in [0.717, 1.165) is 0 Å². The number of carbonyl (C=O) groups excluding carboxylic acids is 1. The molecule has 1 rings (SSSR count). The van der Waals surface area contributed by atoms with E-state index in [1.807, 2.05) is 0 Å². The Morgan fingerprint density at radius 1 is 1.30 bits per heavy atom. The molecule has 0 aliphatic rings. The zero-order valence-corrected chi connectivity index (χ0v) is 13.9. The van der Waals surface area contributed by atoms with Crippen LogP contribution in [0.3, 0.4) is 0 Å². The fraction of sp³-hybridized carbons (Fsp3) is 0.300. The van der Waals surface area contributed by atoms with Crippen molar-refractivity contribution >= 4 is 55.4 Å². The van der Waals surface area contributed by atoms with Gasteiger partial charge in [-0.25, -0.2) is 9.52 Å². The van der Waals surface area contributed by atoms with Crippen LogP contribution in [-0.2, 0) is 21.5 Å². The summed E-state index contributed by atoms with van der Waals surface area (Å²) in [6.07, 6.45) is -1.05. The number of rotatable bonds is 6. The minimum atomic E-state index is -4.00. The smallest absolute Gasteiger partial charge is 0.421 e. The van der Waals surface area contributed by atoms with Crippen molar-refractivity contribution in [1.82, 2.24) is 9.44 Å². The van der Waals surface area contributed by atoms with Crippen LogP contribution in [0, 0.1) is 0 Å². The van der Waals surface area contributed by atoms with Crippen LogP contribution in [0.4, 0.5) is 4.79 Å². The lowest BCUT2D eigenvalue weighted by Crippen LogP contribution is -2.40. The van der Waals surface area contributed by atoms with Crippen LogP contribution in [0.25, 0.3) is 0 Å². The minimum absolute atomic E-state index is 0.0437. The van der Waals surface area contributed by atoms with E-state index in [0.29, 0.717) is 20.9 Å². The van der Waals surface area contributed by atoms with Crippen LogP contribution in [0.5, 0.6) is 0 Å². The summed E-state index contributed by atoms with van der Waals surface area (Å²) in [5.41, 5.74) is 0.596. The lowest BCUT2D eigenvalue weighted by molar-refractivity contribution is 0.160. The van der Waals surface area contributed by atoms with Crippen molar-refractivity contribution in [2.75, 3.05) is 11.9 Å². The van der Waals surface area contributed by atoms with Crippen LogP contribution in [-0.4, -0.2) is 26.4 Å². The Morgan fingerprint density at radius 3 is 2.60 bits per heavy atom. The van der Waals surface area contributed by atoms with Crippen molar-refractivity contribution in [3.8, 4) is 0 Å². The molecule has 0 saturated heterocycles. The molecule has 112 valence electrons. The molecule has 0 fully saturated rings. The fourth-order valence-corrected chi connectivity index (χ4v) is 2.32. The number of alkyl halides is 1. The first kappa shape index (κ1) is 17.5. The van der Waals surface area contributed by atoms with Gasteiger partial charge >= 0.3 is 16.3 Å². The second-order valence-corrected chi connectivity index (χ2v) is 6.61. The molecule has 6 nitrogen and oxygen atoms in total. The molecule has 1 aromatic carbocycles. The molecule has 0 atom stereocenters. The second-order valence-electron chi connectivity index (χ2n) is 3.50.